The van der Waals surface area contributed by atoms with Gasteiger partial charge in [0.1, 0.15) is 11.5 Å². The minimum absolute atomic E-state index is 0.377. The van der Waals surface area contributed by atoms with Gasteiger partial charge < -0.3 is 9.84 Å². The van der Waals surface area contributed by atoms with Gasteiger partial charge in [-0.15, -0.1) is 0 Å². The van der Waals surface area contributed by atoms with E-state index >= 15 is 0 Å². The van der Waals surface area contributed by atoms with Crippen LogP contribution in [0.15, 0.2) is 36.4 Å². The van der Waals surface area contributed by atoms with Gasteiger partial charge in [-0.25, -0.2) is 0 Å². The van der Waals surface area contributed by atoms with Crippen LogP contribution in [0.5, 0.6) is 11.5 Å². The van der Waals surface area contributed by atoms with E-state index in [0.717, 1.165) is 5.56 Å². The molecule has 2 aromatic carbocycles. The summed E-state index contributed by atoms with van der Waals surface area (Å²) in [5.74, 6) is 1.03. The Hall–Kier alpha value is -0.930. The highest BCUT2D eigenvalue weighted by Crippen LogP contribution is 2.36. The van der Waals surface area contributed by atoms with E-state index in [1.54, 1.807) is 37.3 Å². The molecule has 0 amide bonds. The lowest BCUT2D eigenvalue weighted by Gasteiger charge is -2.10. The highest BCUT2D eigenvalue weighted by atomic mass is 35.5. The first-order valence-corrected chi connectivity index (χ1v) is 6.71. The van der Waals surface area contributed by atoms with Crippen LogP contribution in [-0.4, -0.2) is 5.11 Å². The SMILES string of the molecule is C[C@H](O)c1ccc(Oc2cc(Cl)c(Cl)cc2Cl)cc1. The third kappa shape index (κ3) is 3.54. The number of aliphatic hydroxyl groups excluding tert-OH is 1. The van der Waals surface area contributed by atoms with Gasteiger partial charge in [0.15, 0.2) is 0 Å². The van der Waals surface area contributed by atoms with Crippen molar-refractivity contribution in [2.45, 2.75) is 13.0 Å². The maximum atomic E-state index is 9.42. The Balaban J connectivity index is 2.24. The predicted octanol–water partition coefficient (Wildman–Crippen LogP) is 5.49. The second-order valence-electron chi connectivity index (χ2n) is 4.04. The van der Waals surface area contributed by atoms with E-state index in [4.69, 9.17) is 39.5 Å². The molecule has 0 bridgehead atoms. The highest BCUT2D eigenvalue weighted by Gasteiger charge is 2.08. The largest absolute Gasteiger partial charge is 0.456 e. The molecule has 0 heterocycles. The van der Waals surface area contributed by atoms with Crippen LogP contribution >= 0.6 is 34.8 Å². The number of benzene rings is 2. The summed E-state index contributed by atoms with van der Waals surface area (Å²) in [5, 5.41) is 10.6. The molecule has 0 aliphatic heterocycles. The fourth-order valence-electron chi connectivity index (χ4n) is 1.52. The fourth-order valence-corrected chi connectivity index (χ4v) is 2.10. The summed E-state index contributed by atoms with van der Waals surface area (Å²) < 4.78 is 5.62. The van der Waals surface area contributed by atoms with Gasteiger partial charge in [0.05, 0.1) is 21.2 Å². The maximum absolute atomic E-state index is 9.42. The fraction of sp³-hybridized carbons (Fsp3) is 0.143. The Morgan fingerprint density at radius 3 is 2.11 bits per heavy atom. The first kappa shape index (κ1) is 14.5. The van der Waals surface area contributed by atoms with E-state index in [1.807, 2.05) is 0 Å². The van der Waals surface area contributed by atoms with Crippen LogP contribution in [0.25, 0.3) is 0 Å². The lowest BCUT2D eigenvalue weighted by molar-refractivity contribution is 0.199. The molecule has 5 heteroatoms. The minimum Gasteiger partial charge on any atom is -0.456 e. The van der Waals surface area contributed by atoms with Crippen LogP contribution in [0, 0.1) is 0 Å². The van der Waals surface area contributed by atoms with Crippen molar-refractivity contribution < 1.29 is 9.84 Å². The van der Waals surface area contributed by atoms with Crippen molar-refractivity contribution in [2.75, 3.05) is 0 Å². The first-order valence-electron chi connectivity index (χ1n) is 5.58. The molecule has 0 unspecified atom stereocenters. The van der Waals surface area contributed by atoms with Gasteiger partial charge in [0, 0.05) is 6.07 Å². The molecule has 2 rings (SSSR count). The quantitative estimate of drug-likeness (QED) is 0.758. The van der Waals surface area contributed by atoms with E-state index in [0.29, 0.717) is 26.6 Å². The zero-order valence-electron chi connectivity index (χ0n) is 10.0. The van der Waals surface area contributed by atoms with Crippen molar-refractivity contribution in [3.8, 4) is 11.5 Å². The number of hydrogen-bond acceptors (Lipinski definition) is 2. The van der Waals surface area contributed by atoms with E-state index in [-0.39, 0.29) is 0 Å². The summed E-state index contributed by atoms with van der Waals surface area (Å²) in [6, 6.07) is 10.2. The Morgan fingerprint density at radius 1 is 0.947 bits per heavy atom. The first-order chi connectivity index (χ1) is 8.97. The van der Waals surface area contributed by atoms with Gasteiger partial charge in [-0.05, 0) is 30.7 Å². The molecule has 1 N–H and O–H groups in total. The van der Waals surface area contributed by atoms with E-state index in [2.05, 4.69) is 0 Å². The van der Waals surface area contributed by atoms with Gasteiger partial charge >= 0.3 is 0 Å². The van der Waals surface area contributed by atoms with Crippen LogP contribution in [0.2, 0.25) is 15.1 Å². The number of halogens is 3. The standard InChI is InChI=1S/C14H11Cl3O2/c1-8(18)9-2-4-10(5-3-9)19-14-7-12(16)11(15)6-13(14)17/h2-8,18H,1H3/t8-/m0/s1. The van der Waals surface area contributed by atoms with Gasteiger partial charge in [-0.3, -0.25) is 0 Å². The summed E-state index contributed by atoms with van der Waals surface area (Å²) in [4.78, 5) is 0. The van der Waals surface area contributed by atoms with Crippen LogP contribution in [-0.2, 0) is 0 Å². The normalized spacial score (nSPS) is 12.3. The van der Waals surface area contributed by atoms with Crippen LogP contribution in [0.1, 0.15) is 18.6 Å². The molecule has 0 aromatic heterocycles. The van der Waals surface area contributed by atoms with Crippen molar-refractivity contribution in [3.05, 3.63) is 57.0 Å². The van der Waals surface area contributed by atoms with Crippen molar-refractivity contribution in [3.63, 3.8) is 0 Å². The molecule has 0 saturated heterocycles. The zero-order chi connectivity index (χ0) is 14.0. The summed E-state index contributed by atoms with van der Waals surface area (Å²) in [5.41, 5.74) is 0.813. The average Bonchev–Trinajstić information content (AvgIpc) is 2.36. The Bertz CT molecular complexity index is 580. The third-order valence-corrected chi connectivity index (χ3v) is 3.58. The predicted molar refractivity (Wildman–Crippen MR) is 78.6 cm³/mol. The molecule has 1 atom stereocenters. The smallest absolute Gasteiger partial charge is 0.147 e. The number of rotatable bonds is 3. The second kappa shape index (κ2) is 6.02. The van der Waals surface area contributed by atoms with Gasteiger partial charge in [0.2, 0.25) is 0 Å². The number of aliphatic hydroxyl groups is 1. The summed E-state index contributed by atoms with van der Waals surface area (Å²) in [6.45, 7) is 1.70. The molecule has 0 radical (unpaired) electrons. The lowest BCUT2D eigenvalue weighted by Crippen LogP contribution is -1.91. The van der Waals surface area contributed by atoms with Crippen LogP contribution in [0.4, 0.5) is 0 Å². The third-order valence-electron chi connectivity index (χ3n) is 2.57. The molecule has 0 aliphatic rings. The number of ether oxygens (including phenoxy) is 1. The molecular formula is C14H11Cl3O2. The average molecular weight is 318 g/mol. The lowest BCUT2D eigenvalue weighted by atomic mass is 10.1. The molecule has 0 saturated carbocycles. The maximum Gasteiger partial charge on any atom is 0.147 e. The molecule has 19 heavy (non-hydrogen) atoms. The van der Waals surface area contributed by atoms with E-state index < -0.39 is 6.10 Å². The van der Waals surface area contributed by atoms with E-state index in [9.17, 15) is 5.11 Å². The van der Waals surface area contributed by atoms with Crippen molar-refractivity contribution in [1.29, 1.82) is 0 Å². The Morgan fingerprint density at radius 2 is 1.53 bits per heavy atom. The molecule has 100 valence electrons. The second-order valence-corrected chi connectivity index (χ2v) is 5.27. The Kier molecular flexibility index (Phi) is 4.58. The summed E-state index contributed by atoms with van der Waals surface area (Å²) in [6.07, 6.45) is -0.511. The molecule has 0 fully saturated rings. The number of hydrogen-bond donors (Lipinski definition) is 1. The molecule has 0 aliphatic carbocycles. The summed E-state index contributed by atoms with van der Waals surface area (Å²) in [7, 11) is 0. The van der Waals surface area contributed by atoms with Gasteiger partial charge in [-0.2, -0.15) is 0 Å². The Labute approximate surface area is 126 Å². The summed E-state index contributed by atoms with van der Waals surface area (Å²) >= 11 is 17.8. The molecular weight excluding hydrogens is 307 g/mol. The van der Waals surface area contributed by atoms with Crippen molar-refractivity contribution in [2.24, 2.45) is 0 Å². The van der Waals surface area contributed by atoms with E-state index in [1.165, 1.54) is 6.07 Å². The van der Waals surface area contributed by atoms with Crippen molar-refractivity contribution >= 4 is 34.8 Å². The molecule has 0 spiro atoms. The topological polar surface area (TPSA) is 29.5 Å². The molecule has 2 aromatic rings. The monoisotopic (exact) mass is 316 g/mol. The van der Waals surface area contributed by atoms with Crippen LogP contribution < -0.4 is 4.74 Å². The highest BCUT2D eigenvalue weighted by molar-refractivity contribution is 6.43. The zero-order valence-corrected chi connectivity index (χ0v) is 12.3. The van der Waals surface area contributed by atoms with Crippen LogP contribution in [0.3, 0.4) is 0 Å². The van der Waals surface area contributed by atoms with Gasteiger partial charge in [0.25, 0.3) is 0 Å². The molecule has 2 nitrogen and oxygen atoms in total. The minimum atomic E-state index is -0.511. The van der Waals surface area contributed by atoms with Crippen molar-refractivity contribution in [1.82, 2.24) is 0 Å². The van der Waals surface area contributed by atoms with Gasteiger partial charge in [-0.1, -0.05) is 46.9 Å².